The van der Waals surface area contributed by atoms with Gasteiger partial charge in [-0.15, -0.1) is 0 Å². The summed E-state index contributed by atoms with van der Waals surface area (Å²) in [6.07, 6.45) is 8.75. The average Bonchev–Trinajstić information content (AvgIpc) is 3.27. The first-order valence-electron chi connectivity index (χ1n) is 8.94. The second-order valence-electron chi connectivity index (χ2n) is 6.18. The summed E-state index contributed by atoms with van der Waals surface area (Å²) in [6, 6.07) is 15.3. The Balaban J connectivity index is 1.46. The van der Waals surface area contributed by atoms with Crippen molar-refractivity contribution in [2.45, 2.75) is 0 Å². The molecule has 144 valence electrons. The molecule has 1 aromatic heterocycles. The number of aromatic nitrogens is 2. The Hall–Kier alpha value is -3.54. The van der Waals surface area contributed by atoms with Crippen molar-refractivity contribution in [1.29, 1.82) is 0 Å². The third-order valence-electron chi connectivity index (χ3n) is 4.25. The molecule has 6 heteroatoms. The van der Waals surface area contributed by atoms with Gasteiger partial charge in [-0.1, -0.05) is 12.1 Å². The minimum absolute atomic E-state index is 0.0722. The van der Waals surface area contributed by atoms with E-state index in [-0.39, 0.29) is 5.91 Å². The monoisotopic (exact) mass is 377 g/mol. The maximum atomic E-state index is 12.3. The number of imidazole rings is 1. The predicted molar refractivity (Wildman–Crippen MR) is 109 cm³/mol. The molecule has 0 atom stereocenters. The van der Waals surface area contributed by atoms with Crippen molar-refractivity contribution in [3.05, 3.63) is 78.9 Å². The molecule has 0 aliphatic rings. The van der Waals surface area contributed by atoms with E-state index in [2.05, 4.69) is 4.98 Å². The van der Waals surface area contributed by atoms with Crippen molar-refractivity contribution in [2.75, 3.05) is 27.3 Å². The van der Waals surface area contributed by atoms with Crippen LogP contribution in [-0.2, 0) is 4.79 Å². The first kappa shape index (κ1) is 19.2. The maximum Gasteiger partial charge on any atom is 0.246 e. The lowest BCUT2D eigenvalue weighted by atomic mass is 10.2. The molecule has 1 heterocycles. The quantitative estimate of drug-likeness (QED) is 0.565. The third kappa shape index (κ3) is 5.23. The summed E-state index contributed by atoms with van der Waals surface area (Å²) >= 11 is 0. The van der Waals surface area contributed by atoms with Gasteiger partial charge in [-0.3, -0.25) is 4.79 Å². The minimum Gasteiger partial charge on any atom is -0.497 e. The maximum absolute atomic E-state index is 12.3. The van der Waals surface area contributed by atoms with E-state index in [9.17, 15) is 4.79 Å². The van der Waals surface area contributed by atoms with Crippen molar-refractivity contribution < 1.29 is 14.3 Å². The Morgan fingerprint density at radius 3 is 2.46 bits per heavy atom. The number of ether oxygens (including phenoxy) is 2. The van der Waals surface area contributed by atoms with Crippen molar-refractivity contribution >= 4 is 12.0 Å². The summed E-state index contributed by atoms with van der Waals surface area (Å²) in [5.74, 6) is 1.45. The molecule has 0 fully saturated rings. The van der Waals surface area contributed by atoms with Gasteiger partial charge in [0.1, 0.15) is 18.1 Å². The number of methoxy groups -OCH3 is 1. The van der Waals surface area contributed by atoms with Crippen LogP contribution in [0.3, 0.4) is 0 Å². The number of hydrogen-bond acceptors (Lipinski definition) is 4. The highest BCUT2D eigenvalue weighted by Gasteiger charge is 2.05. The van der Waals surface area contributed by atoms with Gasteiger partial charge in [-0.2, -0.15) is 0 Å². The van der Waals surface area contributed by atoms with Gasteiger partial charge in [0.05, 0.1) is 20.0 Å². The summed E-state index contributed by atoms with van der Waals surface area (Å²) in [5, 5.41) is 0. The Kier molecular flexibility index (Phi) is 6.46. The average molecular weight is 377 g/mol. The van der Waals surface area contributed by atoms with Gasteiger partial charge in [0.2, 0.25) is 5.91 Å². The largest absolute Gasteiger partial charge is 0.497 e. The number of hydrogen-bond donors (Lipinski definition) is 0. The summed E-state index contributed by atoms with van der Waals surface area (Å²) in [5.41, 5.74) is 1.98. The predicted octanol–water partition coefficient (Wildman–Crippen LogP) is 3.43. The summed E-state index contributed by atoms with van der Waals surface area (Å²) in [6.45, 7) is 0.913. The van der Waals surface area contributed by atoms with Crippen LogP contribution in [0.5, 0.6) is 11.5 Å². The van der Waals surface area contributed by atoms with Crippen LogP contribution < -0.4 is 9.47 Å². The smallest absolute Gasteiger partial charge is 0.246 e. The molecule has 0 bridgehead atoms. The third-order valence-corrected chi connectivity index (χ3v) is 4.25. The van der Waals surface area contributed by atoms with E-state index in [1.807, 2.05) is 59.3 Å². The van der Waals surface area contributed by atoms with E-state index in [1.165, 1.54) is 0 Å². The van der Waals surface area contributed by atoms with Gasteiger partial charge < -0.3 is 18.9 Å². The van der Waals surface area contributed by atoms with Crippen LogP contribution in [0.25, 0.3) is 11.8 Å². The molecule has 0 spiro atoms. The number of amides is 1. The minimum atomic E-state index is -0.0722. The molecule has 1 amide bonds. The molecule has 2 aromatic carbocycles. The molecule has 0 N–H and O–H groups in total. The van der Waals surface area contributed by atoms with E-state index < -0.39 is 0 Å². The molecule has 6 nitrogen and oxygen atoms in total. The summed E-state index contributed by atoms with van der Waals surface area (Å²) in [4.78, 5) is 17.9. The van der Waals surface area contributed by atoms with Crippen LogP contribution in [0.1, 0.15) is 5.56 Å². The molecule has 0 saturated carbocycles. The standard InChI is InChI=1S/C22H23N3O3/c1-24(15-16-28-21-10-8-20(27-2)9-11-21)22(26)12-5-18-3-6-19(7-4-18)25-14-13-23-17-25/h3-14,17H,15-16H2,1-2H3. The van der Waals surface area contributed by atoms with E-state index in [0.29, 0.717) is 13.2 Å². The highest BCUT2D eigenvalue weighted by Crippen LogP contribution is 2.17. The Morgan fingerprint density at radius 1 is 1.11 bits per heavy atom. The van der Waals surface area contributed by atoms with E-state index >= 15 is 0 Å². The van der Waals surface area contributed by atoms with Crippen LogP contribution in [0, 0.1) is 0 Å². The first-order valence-corrected chi connectivity index (χ1v) is 8.94. The molecule has 0 aliphatic heterocycles. The first-order chi connectivity index (χ1) is 13.7. The van der Waals surface area contributed by atoms with Crippen molar-refractivity contribution in [3.63, 3.8) is 0 Å². The lowest BCUT2D eigenvalue weighted by Gasteiger charge is -2.15. The van der Waals surface area contributed by atoms with Gasteiger partial charge in [0, 0.05) is 31.2 Å². The highest BCUT2D eigenvalue weighted by atomic mass is 16.5. The Morgan fingerprint density at radius 2 is 1.82 bits per heavy atom. The second kappa shape index (κ2) is 9.41. The molecular weight excluding hydrogens is 354 g/mol. The zero-order chi connectivity index (χ0) is 19.8. The van der Waals surface area contributed by atoms with Crippen LogP contribution in [0.15, 0.2) is 73.3 Å². The zero-order valence-electron chi connectivity index (χ0n) is 16.0. The fourth-order valence-electron chi connectivity index (χ4n) is 2.55. The normalized spacial score (nSPS) is 10.8. The Labute approximate surface area is 164 Å². The molecule has 0 unspecified atom stereocenters. The summed E-state index contributed by atoms with van der Waals surface area (Å²) in [7, 11) is 3.38. The number of benzene rings is 2. The molecule has 28 heavy (non-hydrogen) atoms. The lowest BCUT2D eigenvalue weighted by molar-refractivity contribution is -0.125. The molecular formula is C22H23N3O3. The molecule has 0 aliphatic carbocycles. The zero-order valence-corrected chi connectivity index (χ0v) is 16.0. The van der Waals surface area contributed by atoms with Crippen molar-refractivity contribution in [1.82, 2.24) is 14.5 Å². The number of carbonyl (C=O) groups is 1. The van der Waals surface area contributed by atoms with Crippen LogP contribution in [-0.4, -0.2) is 47.7 Å². The fraction of sp³-hybridized carbons (Fsp3) is 0.182. The number of rotatable bonds is 8. The molecule has 0 saturated heterocycles. The van der Waals surface area contributed by atoms with E-state index in [4.69, 9.17) is 9.47 Å². The van der Waals surface area contributed by atoms with Crippen LogP contribution in [0.4, 0.5) is 0 Å². The second-order valence-corrected chi connectivity index (χ2v) is 6.18. The van der Waals surface area contributed by atoms with E-state index in [0.717, 1.165) is 22.7 Å². The fourth-order valence-corrected chi connectivity index (χ4v) is 2.55. The number of carbonyl (C=O) groups excluding carboxylic acids is 1. The van der Waals surface area contributed by atoms with Crippen molar-refractivity contribution in [3.8, 4) is 17.2 Å². The van der Waals surface area contributed by atoms with Gasteiger partial charge in [-0.25, -0.2) is 4.98 Å². The van der Waals surface area contributed by atoms with Gasteiger partial charge in [-0.05, 0) is 48.0 Å². The van der Waals surface area contributed by atoms with Crippen LogP contribution >= 0.6 is 0 Å². The van der Waals surface area contributed by atoms with Gasteiger partial charge in [0.25, 0.3) is 0 Å². The highest BCUT2D eigenvalue weighted by molar-refractivity contribution is 5.91. The summed E-state index contributed by atoms with van der Waals surface area (Å²) < 4.78 is 12.7. The lowest BCUT2D eigenvalue weighted by Crippen LogP contribution is -2.29. The number of nitrogens with zero attached hydrogens (tertiary/aromatic N) is 3. The van der Waals surface area contributed by atoms with Gasteiger partial charge in [0.15, 0.2) is 0 Å². The molecule has 3 rings (SSSR count). The topological polar surface area (TPSA) is 56.6 Å². The van der Waals surface area contributed by atoms with Crippen molar-refractivity contribution in [2.24, 2.45) is 0 Å². The SMILES string of the molecule is COc1ccc(OCCN(C)C(=O)C=Cc2ccc(-n3ccnc3)cc2)cc1. The van der Waals surface area contributed by atoms with E-state index in [1.54, 1.807) is 43.7 Å². The molecule has 3 aromatic rings. The van der Waals surface area contributed by atoms with Gasteiger partial charge >= 0.3 is 0 Å². The Bertz CT molecular complexity index is 901. The van der Waals surface area contributed by atoms with Crippen LogP contribution in [0.2, 0.25) is 0 Å². The number of likely N-dealkylation sites (N-methyl/N-ethyl adjacent to an activating group) is 1. The molecule has 0 radical (unpaired) electrons.